The fourth-order valence-corrected chi connectivity index (χ4v) is 9.40. The summed E-state index contributed by atoms with van der Waals surface area (Å²) < 4.78 is 23.7. The Labute approximate surface area is 435 Å². The molecule has 1 saturated heterocycles. The molecule has 0 unspecified atom stereocenters. The molecule has 18 nitrogen and oxygen atoms in total. The largest absolute Gasteiger partial charge is 0.494 e. The SMILES string of the molecule is CCC[C@H](NC(=O)COCCCOCCCCOCCCOc1ccc(Nc2ncc(Br)c(NCCCN(C)C(=O)C3CCC3)n2)cc1)C(=O)N1C[C@H](O)C[C@H]1C(=O)NCc1ccc(-c2scnc2C)cc1. The molecule has 2 aliphatic rings. The fourth-order valence-electron chi connectivity index (χ4n) is 8.25. The van der Waals surface area contributed by atoms with Gasteiger partial charge in [-0.05, 0) is 103 Å². The highest BCUT2D eigenvalue weighted by molar-refractivity contribution is 9.10. The summed E-state index contributed by atoms with van der Waals surface area (Å²) in [6, 6.07) is 13.8. The van der Waals surface area contributed by atoms with E-state index in [1.165, 1.54) is 4.90 Å². The van der Waals surface area contributed by atoms with Gasteiger partial charge in [0.2, 0.25) is 29.6 Å². The van der Waals surface area contributed by atoms with E-state index in [9.17, 15) is 24.3 Å². The second-order valence-corrected chi connectivity index (χ2v) is 19.9. The summed E-state index contributed by atoms with van der Waals surface area (Å²) in [6.07, 6.45) is 9.10. The van der Waals surface area contributed by atoms with Gasteiger partial charge in [-0.2, -0.15) is 4.98 Å². The number of halogens is 1. The molecule has 392 valence electrons. The van der Waals surface area contributed by atoms with Crippen molar-refractivity contribution in [3.63, 3.8) is 0 Å². The molecule has 1 aliphatic heterocycles. The smallest absolute Gasteiger partial charge is 0.246 e. The van der Waals surface area contributed by atoms with Gasteiger partial charge in [-0.3, -0.25) is 19.2 Å². The first-order valence-electron chi connectivity index (χ1n) is 25.3. The molecule has 1 saturated carbocycles. The highest BCUT2D eigenvalue weighted by Crippen LogP contribution is 2.29. The van der Waals surface area contributed by atoms with Crippen LogP contribution in [0.1, 0.15) is 88.8 Å². The second-order valence-electron chi connectivity index (χ2n) is 18.2. The Balaban J connectivity index is 0.750. The molecule has 4 amide bonds. The molecule has 3 heterocycles. The summed E-state index contributed by atoms with van der Waals surface area (Å²) in [6.45, 7) is 8.52. The number of hydrogen-bond donors (Lipinski definition) is 5. The lowest BCUT2D eigenvalue weighted by atomic mass is 9.84. The van der Waals surface area contributed by atoms with Crippen LogP contribution in [-0.4, -0.2) is 145 Å². The third-order valence-corrected chi connectivity index (χ3v) is 14.0. The molecule has 6 rings (SSSR count). The maximum Gasteiger partial charge on any atom is 0.246 e. The lowest BCUT2D eigenvalue weighted by molar-refractivity contribution is -0.142. The topological polar surface area (TPSA) is 219 Å². The number of β-amino-alcohol motifs (C(OH)–C–C–N with tert-alkyl or cyclic N) is 1. The summed E-state index contributed by atoms with van der Waals surface area (Å²) in [5.74, 6) is 1.21. The number of anilines is 3. The molecule has 2 aromatic carbocycles. The molecule has 72 heavy (non-hydrogen) atoms. The number of nitrogens with one attached hydrogen (secondary N) is 4. The zero-order valence-electron chi connectivity index (χ0n) is 41.9. The van der Waals surface area contributed by atoms with E-state index in [1.807, 2.05) is 79.8 Å². The van der Waals surface area contributed by atoms with Gasteiger partial charge in [-0.1, -0.05) is 44.0 Å². The number of rotatable bonds is 32. The molecule has 1 aliphatic carbocycles. The van der Waals surface area contributed by atoms with Gasteiger partial charge in [-0.15, -0.1) is 11.3 Å². The van der Waals surface area contributed by atoms with Crippen molar-refractivity contribution in [1.82, 2.24) is 35.4 Å². The minimum Gasteiger partial charge on any atom is -0.494 e. The molecular formula is C52H72BrN9O9S. The van der Waals surface area contributed by atoms with Crippen LogP contribution in [0.3, 0.4) is 0 Å². The molecule has 0 spiro atoms. The van der Waals surface area contributed by atoms with Crippen LogP contribution in [0.25, 0.3) is 10.4 Å². The first-order valence-corrected chi connectivity index (χ1v) is 27.0. The lowest BCUT2D eigenvalue weighted by Crippen LogP contribution is -2.54. The molecule has 2 fully saturated rings. The molecule has 20 heteroatoms. The van der Waals surface area contributed by atoms with Crippen LogP contribution in [-0.2, 0) is 39.9 Å². The second kappa shape index (κ2) is 30.1. The van der Waals surface area contributed by atoms with Crippen molar-refractivity contribution < 1.29 is 43.2 Å². The van der Waals surface area contributed by atoms with Gasteiger partial charge in [0, 0.05) is 96.9 Å². The van der Waals surface area contributed by atoms with Gasteiger partial charge in [0.15, 0.2) is 0 Å². The Hall–Kier alpha value is -5.25. The highest BCUT2D eigenvalue weighted by Gasteiger charge is 2.41. The number of benzene rings is 2. The number of thiazole rings is 1. The molecular weight excluding hydrogens is 1010 g/mol. The van der Waals surface area contributed by atoms with Gasteiger partial charge < -0.3 is 55.1 Å². The van der Waals surface area contributed by atoms with E-state index in [2.05, 4.69) is 52.1 Å². The van der Waals surface area contributed by atoms with E-state index in [1.54, 1.807) is 17.5 Å². The normalized spacial score (nSPS) is 15.9. The third kappa shape index (κ3) is 18.0. The lowest BCUT2D eigenvalue weighted by Gasteiger charge is -2.29. The van der Waals surface area contributed by atoms with Crippen molar-refractivity contribution in [3.05, 3.63) is 76.0 Å². The standard InChI is InChI=1S/C52H72BrN9O9S/c1-4-11-44(51(67)62-33-41(63)30-45(62)49(65)55-31-37-14-16-38(17-15-37)47-36(2)57-35-72-47)59-46(64)34-70-28-9-26-68-24-5-6-25-69-27-10-29-71-42-20-18-40(19-21-42)58-52-56-32-43(53)48(60-52)54-22-8-23-61(3)50(66)39-12-7-13-39/h14-21,32,35,39,41,44-45,63H,4-13,22-31,33-34H2,1-3H3,(H,55,65)(H,59,64)(H2,54,56,58,60)/t41-,44+,45+/m1/s1. The van der Waals surface area contributed by atoms with Crippen molar-refractivity contribution >= 4 is 68.3 Å². The minimum absolute atomic E-state index is 0.0183. The number of hydrogen-bond acceptors (Lipinski definition) is 15. The van der Waals surface area contributed by atoms with Gasteiger partial charge in [-0.25, -0.2) is 9.97 Å². The quantitative estimate of drug-likeness (QED) is 0.0311. The van der Waals surface area contributed by atoms with Crippen LogP contribution in [0.15, 0.2) is 64.7 Å². The van der Waals surface area contributed by atoms with Gasteiger partial charge in [0.1, 0.15) is 30.3 Å². The summed E-state index contributed by atoms with van der Waals surface area (Å²) in [7, 11) is 1.88. The van der Waals surface area contributed by atoms with Crippen molar-refractivity contribution in [2.45, 2.75) is 109 Å². The molecule has 0 bridgehead atoms. The summed E-state index contributed by atoms with van der Waals surface area (Å²) in [4.78, 5) is 69.8. The van der Waals surface area contributed by atoms with Crippen molar-refractivity contribution in [2.75, 3.05) is 83.6 Å². The number of nitrogens with zero attached hydrogens (tertiary/aromatic N) is 5. The van der Waals surface area contributed by atoms with Crippen molar-refractivity contribution in [1.29, 1.82) is 0 Å². The van der Waals surface area contributed by atoms with E-state index in [0.717, 1.165) is 82.6 Å². The molecule has 3 atom stereocenters. The molecule has 2 aromatic heterocycles. The number of aryl methyl sites for hydroxylation is 1. The number of ether oxygens (including phenoxy) is 4. The number of amides is 4. The molecule has 5 N–H and O–H groups in total. The maximum absolute atomic E-state index is 13.7. The molecule has 4 aromatic rings. The number of aliphatic hydroxyl groups excluding tert-OH is 1. The minimum atomic E-state index is -0.844. The number of aliphatic hydroxyl groups is 1. The Morgan fingerprint density at radius 2 is 1.62 bits per heavy atom. The zero-order chi connectivity index (χ0) is 51.1. The van der Waals surface area contributed by atoms with E-state index in [-0.39, 0.29) is 43.8 Å². The Morgan fingerprint density at radius 1 is 0.917 bits per heavy atom. The fraction of sp³-hybridized carbons (Fsp3) is 0.558. The van der Waals surface area contributed by atoms with Crippen molar-refractivity contribution in [2.24, 2.45) is 5.92 Å². The Morgan fingerprint density at radius 3 is 2.31 bits per heavy atom. The highest BCUT2D eigenvalue weighted by atomic mass is 79.9. The van der Waals surface area contributed by atoms with E-state index in [0.29, 0.717) is 83.8 Å². The van der Waals surface area contributed by atoms with Gasteiger partial charge >= 0.3 is 0 Å². The van der Waals surface area contributed by atoms with Crippen molar-refractivity contribution in [3.8, 4) is 16.2 Å². The summed E-state index contributed by atoms with van der Waals surface area (Å²) in [5, 5.41) is 22.8. The van der Waals surface area contributed by atoms with Gasteiger partial charge in [0.25, 0.3) is 0 Å². The third-order valence-electron chi connectivity index (χ3n) is 12.5. The summed E-state index contributed by atoms with van der Waals surface area (Å²) >= 11 is 5.10. The Bertz CT molecular complexity index is 2300. The van der Waals surface area contributed by atoms with Crippen LogP contribution in [0.4, 0.5) is 17.5 Å². The zero-order valence-corrected chi connectivity index (χ0v) is 44.3. The van der Waals surface area contributed by atoms with Crippen LogP contribution in [0.5, 0.6) is 5.75 Å². The number of likely N-dealkylation sites (tertiary alicyclic amines) is 1. The Kier molecular flexibility index (Phi) is 23.4. The average Bonchev–Trinajstić information content (AvgIpc) is 3.98. The monoisotopic (exact) mass is 1080 g/mol. The predicted molar refractivity (Wildman–Crippen MR) is 281 cm³/mol. The van der Waals surface area contributed by atoms with E-state index < -0.39 is 30.0 Å². The first kappa shape index (κ1) is 56.1. The maximum atomic E-state index is 13.7. The average molecular weight is 1080 g/mol. The molecule has 0 radical (unpaired) electrons. The predicted octanol–water partition coefficient (Wildman–Crippen LogP) is 7.03. The van der Waals surface area contributed by atoms with Gasteiger partial charge in [0.05, 0.1) is 33.3 Å². The van der Waals surface area contributed by atoms with E-state index >= 15 is 0 Å². The van der Waals surface area contributed by atoms with Crippen LogP contribution in [0, 0.1) is 12.8 Å². The number of unbranched alkanes of at least 4 members (excludes halogenated alkanes) is 1. The number of aromatic nitrogens is 3. The van der Waals surface area contributed by atoms with Crippen LogP contribution in [0.2, 0.25) is 0 Å². The first-order chi connectivity index (χ1) is 35.0. The van der Waals surface area contributed by atoms with Crippen LogP contribution >= 0.6 is 27.3 Å². The number of carbonyl (C=O) groups excluding carboxylic acids is 4. The summed E-state index contributed by atoms with van der Waals surface area (Å²) in [5.41, 5.74) is 5.58. The van der Waals surface area contributed by atoms with E-state index in [4.69, 9.17) is 18.9 Å². The van der Waals surface area contributed by atoms with Crippen LogP contribution < -0.4 is 26.0 Å². The number of carbonyl (C=O) groups is 4.